The Morgan fingerprint density at radius 1 is 1.50 bits per heavy atom. The third-order valence-corrected chi connectivity index (χ3v) is 4.10. The Bertz CT molecular complexity index is 759. The lowest BCUT2D eigenvalue weighted by Gasteiger charge is -2.23. The molecule has 1 N–H and O–H groups in total. The summed E-state index contributed by atoms with van der Waals surface area (Å²) in [4.78, 5) is 24.8. The molecule has 2 aromatic rings. The Morgan fingerprint density at radius 3 is 3.08 bits per heavy atom. The second-order valence-electron chi connectivity index (χ2n) is 5.68. The van der Waals surface area contributed by atoms with Gasteiger partial charge in [0.2, 0.25) is 0 Å². The molecule has 1 aromatic heterocycles. The first-order valence-corrected chi connectivity index (χ1v) is 7.73. The number of hydrogen-bond donors (Lipinski definition) is 1. The Hall–Kier alpha value is -2.81. The minimum Gasteiger partial charge on any atom is -0.333 e. The summed E-state index contributed by atoms with van der Waals surface area (Å²) in [6.45, 7) is 1.44. The van der Waals surface area contributed by atoms with Crippen LogP contribution in [0.2, 0.25) is 0 Å². The Labute approximate surface area is 138 Å². The first-order valence-electron chi connectivity index (χ1n) is 7.73. The average molecular weight is 330 g/mol. The number of nitrogens with zero attached hydrogens (tertiary/aromatic N) is 5. The maximum atomic E-state index is 12.6. The van der Waals surface area contributed by atoms with Crippen LogP contribution in [0, 0.1) is 10.1 Å². The lowest BCUT2D eigenvalue weighted by atomic mass is 10.2. The molecule has 1 atom stereocenters. The summed E-state index contributed by atoms with van der Waals surface area (Å²) >= 11 is 0. The van der Waals surface area contributed by atoms with Gasteiger partial charge in [-0.15, -0.1) is 5.10 Å². The predicted molar refractivity (Wildman–Crippen MR) is 86.0 cm³/mol. The van der Waals surface area contributed by atoms with Crippen molar-refractivity contribution in [2.75, 3.05) is 20.1 Å². The number of hydrogen-bond acceptors (Lipinski definition) is 6. The number of rotatable bonds is 5. The monoisotopic (exact) mass is 330 g/mol. The Kier molecular flexibility index (Phi) is 4.52. The van der Waals surface area contributed by atoms with E-state index in [2.05, 4.69) is 15.6 Å². The van der Waals surface area contributed by atoms with Crippen molar-refractivity contribution in [3.05, 3.63) is 46.3 Å². The van der Waals surface area contributed by atoms with E-state index >= 15 is 0 Å². The van der Waals surface area contributed by atoms with E-state index in [4.69, 9.17) is 0 Å². The third-order valence-electron chi connectivity index (χ3n) is 4.10. The molecule has 0 aliphatic carbocycles. The molecular formula is C15H18N6O3. The van der Waals surface area contributed by atoms with Crippen molar-refractivity contribution < 1.29 is 9.72 Å². The number of carbonyl (C=O) groups excluding carboxylic acids is 1. The van der Waals surface area contributed by atoms with Crippen LogP contribution in [0.1, 0.15) is 23.3 Å². The van der Waals surface area contributed by atoms with Gasteiger partial charge in [0.1, 0.15) is 0 Å². The lowest BCUT2D eigenvalue weighted by molar-refractivity contribution is -0.384. The summed E-state index contributed by atoms with van der Waals surface area (Å²) in [5.41, 5.74) is 0.693. The molecule has 24 heavy (non-hydrogen) atoms. The van der Waals surface area contributed by atoms with Crippen molar-refractivity contribution >= 4 is 11.6 Å². The van der Waals surface area contributed by atoms with Crippen molar-refractivity contribution in [1.29, 1.82) is 0 Å². The molecule has 0 radical (unpaired) electrons. The standard InChI is InChI=1S/C15H18N6O3/c1-16-9-13-6-3-7-19(13)15(22)14-10-20(18-17-14)11-4-2-5-12(8-11)21(23)24/h2,4-5,8,10,13,16H,3,6-7,9H2,1H3. The van der Waals surface area contributed by atoms with Crippen LogP contribution < -0.4 is 5.32 Å². The van der Waals surface area contributed by atoms with Crippen molar-refractivity contribution in [1.82, 2.24) is 25.2 Å². The number of benzene rings is 1. The van der Waals surface area contributed by atoms with Gasteiger partial charge in [-0.1, -0.05) is 11.3 Å². The number of amides is 1. The van der Waals surface area contributed by atoms with E-state index in [1.807, 2.05) is 7.05 Å². The molecule has 1 amide bonds. The second kappa shape index (κ2) is 6.75. The fourth-order valence-electron chi connectivity index (χ4n) is 2.94. The molecule has 126 valence electrons. The molecule has 1 unspecified atom stereocenters. The highest BCUT2D eigenvalue weighted by atomic mass is 16.6. The van der Waals surface area contributed by atoms with Crippen LogP contribution in [0.3, 0.4) is 0 Å². The fraction of sp³-hybridized carbons (Fsp3) is 0.400. The van der Waals surface area contributed by atoms with Crippen molar-refractivity contribution in [2.45, 2.75) is 18.9 Å². The number of non-ortho nitro benzene ring substituents is 1. The summed E-state index contributed by atoms with van der Waals surface area (Å²) in [5.74, 6) is -0.163. The minimum absolute atomic E-state index is 0.0375. The normalized spacial score (nSPS) is 17.2. The largest absolute Gasteiger partial charge is 0.333 e. The van der Waals surface area contributed by atoms with E-state index in [9.17, 15) is 14.9 Å². The molecular weight excluding hydrogens is 312 g/mol. The van der Waals surface area contributed by atoms with Gasteiger partial charge in [0.05, 0.1) is 16.8 Å². The molecule has 1 aliphatic rings. The topological polar surface area (TPSA) is 106 Å². The van der Waals surface area contributed by atoms with E-state index in [1.54, 1.807) is 17.0 Å². The highest BCUT2D eigenvalue weighted by molar-refractivity contribution is 5.92. The number of carbonyl (C=O) groups is 1. The zero-order valence-electron chi connectivity index (χ0n) is 13.3. The lowest BCUT2D eigenvalue weighted by Crippen LogP contribution is -2.41. The molecule has 2 heterocycles. The van der Waals surface area contributed by atoms with Crippen LogP contribution in [0.25, 0.3) is 5.69 Å². The first-order chi connectivity index (χ1) is 11.6. The number of likely N-dealkylation sites (N-methyl/N-ethyl adjacent to an activating group) is 1. The molecule has 0 bridgehead atoms. The maximum absolute atomic E-state index is 12.6. The average Bonchev–Trinajstić information content (AvgIpc) is 3.24. The summed E-state index contributed by atoms with van der Waals surface area (Å²) in [7, 11) is 1.86. The molecule has 9 nitrogen and oxygen atoms in total. The van der Waals surface area contributed by atoms with Gasteiger partial charge in [-0.3, -0.25) is 14.9 Å². The summed E-state index contributed by atoms with van der Waals surface area (Å²) < 4.78 is 1.38. The molecule has 0 saturated carbocycles. The third kappa shape index (κ3) is 3.11. The van der Waals surface area contributed by atoms with Gasteiger partial charge in [0.15, 0.2) is 5.69 Å². The number of nitro benzene ring substituents is 1. The van der Waals surface area contributed by atoms with Gasteiger partial charge in [-0.2, -0.15) is 0 Å². The van der Waals surface area contributed by atoms with Crippen LogP contribution in [-0.4, -0.2) is 56.9 Å². The van der Waals surface area contributed by atoms with Crippen LogP contribution in [0.5, 0.6) is 0 Å². The fourth-order valence-corrected chi connectivity index (χ4v) is 2.94. The van der Waals surface area contributed by atoms with Gasteiger partial charge in [-0.25, -0.2) is 4.68 Å². The zero-order valence-corrected chi connectivity index (χ0v) is 13.3. The highest BCUT2D eigenvalue weighted by Gasteiger charge is 2.30. The van der Waals surface area contributed by atoms with Gasteiger partial charge >= 0.3 is 0 Å². The van der Waals surface area contributed by atoms with Crippen LogP contribution >= 0.6 is 0 Å². The summed E-state index contributed by atoms with van der Waals surface area (Å²) in [6.07, 6.45) is 3.44. The maximum Gasteiger partial charge on any atom is 0.276 e. The predicted octanol–water partition coefficient (Wildman–Crippen LogP) is 0.999. The van der Waals surface area contributed by atoms with E-state index in [-0.39, 0.29) is 23.3 Å². The summed E-state index contributed by atoms with van der Waals surface area (Å²) in [5, 5.41) is 21.8. The Balaban J connectivity index is 1.81. The number of aromatic nitrogens is 3. The quantitative estimate of drug-likeness (QED) is 0.647. The van der Waals surface area contributed by atoms with Crippen LogP contribution in [0.4, 0.5) is 5.69 Å². The molecule has 9 heteroatoms. The van der Waals surface area contributed by atoms with Crippen LogP contribution in [0.15, 0.2) is 30.5 Å². The van der Waals surface area contributed by atoms with E-state index in [0.29, 0.717) is 12.2 Å². The molecule has 1 aliphatic heterocycles. The minimum atomic E-state index is -0.473. The van der Waals surface area contributed by atoms with Gasteiger partial charge < -0.3 is 10.2 Å². The van der Waals surface area contributed by atoms with Gasteiger partial charge in [-0.05, 0) is 26.0 Å². The smallest absolute Gasteiger partial charge is 0.276 e. The molecule has 0 spiro atoms. The van der Waals surface area contributed by atoms with Gasteiger partial charge in [0, 0.05) is 31.3 Å². The first kappa shape index (κ1) is 16.1. The zero-order chi connectivity index (χ0) is 17.1. The molecule has 1 aromatic carbocycles. The number of likely N-dealkylation sites (tertiary alicyclic amines) is 1. The van der Waals surface area contributed by atoms with E-state index < -0.39 is 4.92 Å². The number of nitro groups is 1. The van der Waals surface area contributed by atoms with Crippen molar-refractivity contribution in [2.24, 2.45) is 0 Å². The molecule has 1 fully saturated rings. The Morgan fingerprint density at radius 2 is 2.33 bits per heavy atom. The van der Waals surface area contributed by atoms with Gasteiger partial charge in [0.25, 0.3) is 11.6 Å². The number of nitrogens with one attached hydrogen (secondary N) is 1. The molecule has 3 rings (SSSR count). The van der Waals surface area contributed by atoms with E-state index in [1.165, 1.54) is 23.0 Å². The summed E-state index contributed by atoms with van der Waals surface area (Å²) in [6, 6.07) is 6.20. The van der Waals surface area contributed by atoms with E-state index in [0.717, 1.165) is 19.4 Å². The molecule has 1 saturated heterocycles. The van der Waals surface area contributed by atoms with Crippen molar-refractivity contribution in [3.63, 3.8) is 0 Å². The highest BCUT2D eigenvalue weighted by Crippen LogP contribution is 2.20. The second-order valence-corrected chi connectivity index (χ2v) is 5.68. The SMILES string of the molecule is CNCC1CCCN1C(=O)c1cn(-c2cccc([N+](=O)[O-])c2)nn1. The van der Waals surface area contributed by atoms with Crippen LogP contribution in [-0.2, 0) is 0 Å². The van der Waals surface area contributed by atoms with Crippen molar-refractivity contribution in [3.8, 4) is 5.69 Å².